The largest absolute Gasteiger partial charge is 0.496 e. The van der Waals surface area contributed by atoms with Gasteiger partial charge in [-0.15, -0.1) is 0 Å². The number of nitrogens with zero attached hydrogens (tertiary/aromatic N) is 2. The molecule has 0 aromatic heterocycles. The first kappa shape index (κ1) is 16.8. The molecule has 1 saturated heterocycles. The van der Waals surface area contributed by atoms with Gasteiger partial charge in [0.2, 0.25) is 16.4 Å². The highest BCUT2D eigenvalue weighted by Crippen LogP contribution is 2.32. The van der Waals surface area contributed by atoms with Crippen LogP contribution in [0.25, 0.3) is 0 Å². The van der Waals surface area contributed by atoms with Gasteiger partial charge in [0, 0.05) is 26.2 Å². The number of piperazine rings is 1. The fourth-order valence-corrected chi connectivity index (χ4v) is 4.58. The maximum Gasteiger partial charge on any atom is 0.243 e. The van der Waals surface area contributed by atoms with Crippen molar-refractivity contribution in [3.63, 3.8) is 0 Å². The second-order valence-electron chi connectivity index (χ2n) is 5.52. The van der Waals surface area contributed by atoms with Gasteiger partial charge in [0.1, 0.15) is 5.75 Å². The average molecular weight is 326 g/mol. The Bertz CT molecular complexity index is 677. The Morgan fingerprint density at radius 2 is 1.68 bits per heavy atom. The summed E-state index contributed by atoms with van der Waals surface area (Å²) >= 11 is 0. The minimum Gasteiger partial charge on any atom is -0.496 e. The number of carbonyl (C=O) groups is 1. The molecule has 22 heavy (non-hydrogen) atoms. The van der Waals surface area contributed by atoms with E-state index < -0.39 is 10.0 Å². The van der Waals surface area contributed by atoms with Gasteiger partial charge in [-0.05, 0) is 43.5 Å². The lowest BCUT2D eigenvalue weighted by Crippen LogP contribution is -2.48. The van der Waals surface area contributed by atoms with E-state index >= 15 is 0 Å². The van der Waals surface area contributed by atoms with Crippen LogP contribution in [-0.4, -0.2) is 57.3 Å². The molecular formula is C15H22N2O4S. The number of hydrogen-bond acceptors (Lipinski definition) is 4. The highest BCUT2D eigenvalue weighted by molar-refractivity contribution is 7.89. The highest BCUT2D eigenvalue weighted by Gasteiger charge is 2.30. The molecule has 1 heterocycles. The van der Waals surface area contributed by atoms with Gasteiger partial charge < -0.3 is 9.64 Å². The van der Waals surface area contributed by atoms with Gasteiger partial charge in [0.05, 0.1) is 12.0 Å². The van der Waals surface area contributed by atoms with E-state index in [1.165, 1.54) is 4.31 Å². The summed E-state index contributed by atoms with van der Waals surface area (Å²) in [4.78, 5) is 12.7. The predicted octanol–water partition coefficient (Wildman–Crippen LogP) is 1.08. The zero-order chi connectivity index (χ0) is 16.5. The van der Waals surface area contributed by atoms with Crippen molar-refractivity contribution in [2.45, 2.75) is 25.7 Å². The highest BCUT2D eigenvalue weighted by atomic mass is 32.2. The van der Waals surface area contributed by atoms with Crippen LogP contribution in [0.2, 0.25) is 0 Å². The third kappa shape index (κ3) is 2.83. The van der Waals surface area contributed by atoms with Gasteiger partial charge in [-0.25, -0.2) is 8.42 Å². The van der Waals surface area contributed by atoms with Crippen molar-refractivity contribution in [3.8, 4) is 5.75 Å². The van der Waals surface area contributed by atoms with Crippen LogP contribution in [0.3, 0.4) is 0 Å². The molecule has 0 atom stereocenters. The van der Waals surface area contributed by atoms with Crippen molar-refractivity contribution in [1.29, 1.82) is 0 Å². The van der Waals surface area contributed by atoms with Crippen molar-refractivity contribution in [3.05, 3.63) is 22.8 Å². The average Bonchev–Trinajstić information content (AvgIpc) is 2.51. The van der Waals surface area contributed by atoms with Gasteiger partial charge >= 0.3 is 0 Å². The summed E-state index contributed by atoms with van der Waals surface area (Å²) in [5.41, 5.74) is 2.35. The summed E-state index contributed by atoms with van der Waals surface area (Å²) in [6, 6.07) is 1.67. The Balaban J connectivity index is 2.41. The van der Waals surface area contributed by atoms with Crippen molar-refractivity contribution in [1.82, 2.24) is 9.21 Å². The lowest BCUT2D eigenvalue weighted by Gasteiger charge is -2.32. The predicted molar refractivity (Wildman–Crippen MR) is 83.6 cm³/mol. The van der Waals surface area contributed by atoms with Crippen LogP contribution in [0.5, 0.6) is 5.75 Å². The molecule has 1 aromatic carbocycles. The molecule has 0 unspecified atom stereocenters. The maximum absolute atomic E-state index is 12.9. The first-order valence-electron chi connectivity index (χ1n) is 7.17. The number of hydrogen-bond donors (Lipinski definition) is 0. The van der Waals surface area contributed by atoms with E-state index in [9.17, 15) is 13.2 Å². The summed E-state index contributed by atoms with van der Waals surface area (Å²) in [5, 5.41) is 0. The molecule has 2 rings (SSSR count). The van der Waals surface area contributed by atoms with Crippen LogP contribution in [0.1, 0.15) is 16.7 Å². The molecule has 7 heteroatoms. The Kier molecular flexibility index (Phi) is 4.77. The minimum atomic E-state index is -3.56. The standard InChI is InChI=1S/C15H22N2O4S/c1-11-9-14(12(2)13(3)15(11)21-4)22(19,20)17-7-5-16(10-18)6-8-17/h9-10H,5-8H2,1-4H3. The van der Waals surface area contributed by atoms with Crippen molar-refractivity contribution >= 4 is 16.4 Å². The number of rotatable bonds is 4. The van der Waals surface area contributed by atoms with E-state index in [4.69, 9.17) is 4.74 Å². The van der Waals surface area contributed by atoms with E-state index in [2.05, 4.69) is 0 Å². The van der Waals surface area contributed by atoms with Gasteiger partial charge in [0.25, 0.3) is 0 Å². The van der Waals surface area contributed by atoms with Crippen molar-refractivity contribution < 1.29 is 17.9 Å². The number of amides is 1. The van der Waals surface area contributed by atoms with Gasteiger partial charge in [-0.3, -0.25) is 4.79 Å². The molecule has 1 aromatic rings. The zero-order valence-electron chi connectivity index (χ0n) is 13.4. The third-order valence-corrected chi connectivity index (χ3v) is 6.25. The molecule has 0 aliphatic carbocycles. The van der Waals surface area contributed by atoms with E-state index in [-0.39, 0.29) is 0 Å². The molecule has 122 valence electrons. The topological polar surface area (TPSA) is 66.9 Å². The molecule has 1 aliphatic rings. The molecule has 0 bridgehead atoms. The first-order valence-corrected chi connectivity index (χ1v) is 8.61. The summed E-state index contributed by atoms with van der Waals surface area (Å²) < 4.78 is 32.6. The van der Waals surface area contributed by atoms with Crippen molar-refractivity contribution in [2.75, 3.05) is 33.3 Å². The summed E-state index contributed by atoms with van der Waals surface area (Å²) in [6.07, 6.45) is 0.761. The van der Waals surface area contributed by atoms with Gasteiger partial charge in [-0.2, -0.15) is 4.31 Å². The number of benzene rings is 1. The lowest BCUT2D eigenvalue weighted by molar-refractivity contribution is -0.119. The van der Waals surface area contributed by atoms with E-state index in [0.29, 0.717) is 36.6 Å². The Hall–Kier alpha value is -1.60. The number of ether oxygens (including phenoxy) is 1. The monoisotopic (exact) mass is 326 g/mol. The fraction of sp³-hybridized carbons (Fsp3) is 0.533. The van der Waals surface area contributed by atoms with E-state index in [1.807, 2.05) is 13.8 Å². The Morgan fingerprint density at radius 3 is 2.18 bits per heavy atom. The molecule has 0 saturated carbocycles. The van der Waals surface area contributed by atoms with Crippen LogP contribution in [-0.2, 0) is 14.8 Å². The molecule has 0 N–H and O–H groups in total. The Morgan fingerprint density at radius 1 is 1.09 bits per heavy atom. The molecule has 1 aliphatic heterocycles. The molecule has 1 fully saturated rings. The van der Waals surface area contributed by atoms with Crippen LogP contribution in [0.4, 0.5) is 0 Å². The number of aryl methyl sites for hydroxylation is 1. The SMILES string of the molecule is COc1c(C)cc(S(=O)(=O)N2CCN(C=O)CC2)c(C)c1C. The third-order valence-electron chi connectivity index (χ3n) is 4.22. The van der Waals surface area contributed by atoms with Crippen molar-refractivity contribution in [2.24, 2.45) is 0 Å². The van der Waals surface area contributed by atoms with Gasteiger partial charge in [-0.1, -0.05) is 0 Å². The van der Waals surface area contributed by atoms with Crippen LogP contribution in [0.15, 0.2) is 11.0 Å². The van der Waals surface area contributed by atoms with E-state index in [0.717, 1.165) is 23.3 Å². The molecule has 0 spiro atoms. The molecule has 6 nitrogen and oxygen atoms in total. The number of carbonyl (C=O) groups excluding carboxylic acids is 1. The maximum atomic E-state index is 12.9. The summed E-state index contributed by atoms with van der Waals surface area (Å²) in [5.74, 6) is 0.724. The lowest BCUT2D eigenvalue weighted by atomic mass is 10.1. The molecular weight excluding hydrogens is 304 g/mol. The first-order chi connectivity index (χ1) is 10.3. The molecule has 1 amide bonds. The fourth-order valence-electron chi connectivity index (χ4n) is 2.79. The Labute approximate surface area is 131 Å². The zero-order valence-corrected chi connectivity index (χ0v) is 14.2. The van der Waals surface area contributed by atoms with Gasteiger partial charge in [0.15, 0.2) is 0 Å². The smallest absolute Gasteiger partial charge is 0.243 e. The van der Waals surface area contributed by atoms with Crippen LogP contribution >= 0.6 is 0 Å². The van der Waals surface area contributed by atoms with Crippen LogP contribution < -0.4 is 4.74 Å². The summed E-state index contributed by atoms with van der Waals surface area (Å²) in [7, 11) is -1.97. The van der Waals surface area contributed by atoms with E-state index in [1.54, 1.807) is 25.0 Å². The number of methoxy groups -OCH3 is 1. The minimum absolute atomic E-state index is 0.322. The normalized spacial score (nSPS) is 16.6. The molecule has 0 radical (unpaired) electrons. The second kappa shape index (κ2) is 6.26. The number of sulfonamides is 1. The second-order valence-corrected chi connectivity index (χ2v) is 7.43. The summed E-state index contributed by atoms with van der Waals surface area (Å²) in [6.45, 7) is 7.01. The van der Waals surface area contributed by atoms with Crippen LogP contribution in [0, 0.1) is 20.8 Å². The quantitative estimate of drug-likeness (QED) is 0.777.